The average molecular weight is 411 g/mol. The third kappa shape index (κ3) is 4.12. The Bertz CT molecular complexity index is 1020. The number of benzene rings is 2. The number of hydrogen-bond donors (Lipinski definition) is 1. The fraction of sp³-hybridized carbons (Fsp3) is 0.364. The summed E-state index contributed by atoms with van der Waals surface area (Å²) in [7, 11) is 0. The Balaban J connectivity index is 1.87. The molecule has 158 valence electrons. The summed E-state index contributed by atoms with van der Waals surface area (Å²) in [4.78, 5) is 37.7. The number of nitro groups is 1. The first-order valence-electron chi connectivity index (χ1n) is 9.79. The molecule has 2 aromatic rings. The highest BCUT2D eigenvalue weighted by Crippen LogP contribution is 2.38. The largest absolute Gasteiger partial charge is 0.490 e. The lowest BCUT2D eigenvalue weighted by atomic mass is 9.93. The van der Waals surface area contributed by atoms with E-state index in [0.717, 1.165) is 6.42 Å². The second-order valence-corrected chi connectivity index (χ2v) is 8.02. The lowest BCUT2D eigenvalue weighted by Gasteiger charge is -2.27. The molecule has 8 nitrogen and oxygen atoms in total. The van der Waals surface area contributed by atoms with Gasteiger partial charge in [-0.05, 0) is 51.5 Å². The van der Waals surface area contributed by atoms with Crippen LogP contribution in [0.25, 0.3) is 0 Å². The first kappa shape index (κ1) is 21.3. The quantitative estimate of drug-likeness (QED) is 0.583. The highest BCUT2D eigenvalue weighted by molar-refractivity contribution is 6.05. The Morgan fingerprint density at radius 2 is 2.00 bits per heavy atom. The number of nitrogens with zero attached hydrogens (tertiary/aromatic N) is 2. The molecular formula is C22H25N3O5. The first-order valence-corrected chi connectivity index (χ1v) is 9.79. The van der Waals surface area contributed by atoms with Gasteiger partial charge in [-0.2, -0.15) is 0 Å². The summed E-state index contributed by atoms with van der Waals surface area (Å²) in [6.45, 7) is 8.11. The van der Waals surface area contributed by atoms with Crippen molar-refractivity contribution in [3.05, 3.63) is 57.6 Å². The van der Waals surface area contributed by atoms with E-state index in [9.17, 15) is 19.7 Å². The van der Waals surface area contributed by atoms with Crippen LogP contribution in [0.2, 0.25) is 0 Å². The zero-order valence-corrected chi connectivity index (χ0v) is 17.5. The summed E-state index contributed by atoms with van der Waals surface area (Å²) in [5, 5.41) is 13.8. The molecule has 1 aliphatic rings. The van der Waals surface area contributed by atoms with E-state index in [2.05, 4.69) is 5.32 Å². The number of fused-ring (bicyclic) bond motifs is 1. The van der Waals surface area contributed by atoms with Gasteiger partial charge in [0, 0.05) is 35.5 Å². The minimum atomic E-state index is -0.659. The predicted octanol–water partition coefficient (Wildman–Crippen LogP) is 4.32. The molecule has 0 fully saturated rings. The molecule has 0 aliphatic carbocycles. The second kappa shape index (κ2) is 8.14. The maximum absolute atomic E-state index is 12.9. The molecule has 30 heavy (non-hydrogen) atoms. The summed E-state index contributed by atoms with van der Waals surface area (Å²) in [6, 6.07) is 9.40. The van der Waals surface area contributed by atoms with Gasteiger partial charge in [0.15, 0.2) is 0 Å². The summed E-state index contributed by atoms with van der Waals surface area (Å²) in [5.74, 6) is 0.143. The monoisotopic (exact) mass is 411 g/mol. The summed E-state index contributed by atoms with van der Waals surface area (Å²) < 4.78 is 5.91. The van der Waals surface area contributed by atoms with E-state index < -0.39 is 10.3 Å². The molecular weight excluding hydrogens is 386 g/mol. The minimum Gasteiger partial charge on any atom is -0.490 e. The Morgan fingerprint density at radius 3 is 2.63 bits per heavy atom. The van der Waals surface area contributed by atoms with Crippen molar-refractivity contribution < 1.29 is 19.2 Å². The van der Waals surface area contributed by atoms with Crippen LogP contribution in [0, 0.1) is 22.5 Å². The highest BCUT2D eigenvalue weighted by atomic mass is 16.6. The normalized spacial score (nSPS) is 15.1. The van der Waals surface area contributed by atoms with Crippen LogP contribution in [-0.2, 0) is 4.79 Å². The van der Waals surface area contributed by atoms with Crippen molar-refractivity contribution >= 4 is 28.9 Å². The van der Waals surface area contributed by atoms with Gasteiger partial charge in [-0.3, -0.25) is 19.7 Å². The standard InChI is InChI=1S/C22H25N3O5/c1-5-10-24-18-9-7-16(12-19(18)30-13-22(3,4)21(24)27)23-20(26)15-6-8-17(25(28)29)14(2)11-15/h6-9,11-12H,5,10,13H2,1-4H3,(H,23,26). The minimum absolute atomic E-state index is 0.00115. The van der Waals surface area contributed by atoms with Crippen LogP contribution in [0.5, 0.6) is 5.75 Å². The van der Waals surface area contributed by atoms with Gasteiger partial charge in [-0.15, -0.1) is 0 Å². The van der Waals surface area contributed by atoms with Gasteiger partial charge in [-0.25, -0.2) is 0 Å². The van der Waals surface area contributed by atoms with Gasteiger partial charge in [0.05, 0.1) is 16.0 Å². The zero-order valence-electron chi connectivity index (χ0n) is 17.5. The van der Waals surface area contributed by atoms with Gasteiger partial charge in [0.1, 0.15) is 12.4 Å². The lowest BCUT2D eigenvalue weighted by Crippen LogP contribution is -2.42. The molecule has 0 radical (unpaired) electrons. The van der Waals surface area contributed by atoms with E-state index in [-0.39, 0.29) is 24.1 Å². The van der Waals surface area contributed by atoms with Crippen LogP contribution < -0.4 is 15.0 Å². The lowest BCUT2D eigenvalue weighted by molar-refractivity contribution is -0.385. The SMILES string of the molecule is CCCN1C(=O)C(C)(C)COc2cc(NC(=O)c3ccc([N+](=O)[O-])c(C)c3)ccc21. The predicted molar refractivity (Wildman–Crippen MR) is 114 cm³/mol. The van der Waals surface area contributed by atoms with Crippen LogP contribution in [0.15, 0.2) is 36.4 Å². The molecule has 0 saturated heterocycles. The number of amides is 2. The van der Waals surface area contributed by atoms with Crippen LogP contribution in [0.3, 0.4) is 0 Å². The molecule has 0 atom stereocenters. The number of nitro benzene ring substituents is 1. The van der Waals surface area contributed by atoms with Crippen molar-refractivity contribution in [1.82, 2.24) is 0 Å². The smallest absolute Gasteiger partial charge is 0.272 e. The number of anilines is 2. The molecule has 0 saturated carbocycles. The Labute approximate surface area is 175 Å². The van der Waals surface area contributed by atoms with Crippen LogP contribution in [0.1, 0.15) is 43.1 Å². The maximum atomic E-state index is 12.9. The van der Waals surface area contributed by atoms with Crippen molar-refractivity contribution in [1.29, 1.82) is 0 Å². The van der Waals surface area contributed by atoms with Crippen LogP contribution in [0.4, 0.5) is 17.1 Å². The average Bonchev–Trinajstić information content (AvgIpc) is 2.78. The Morgan fingerprint density at radius 1 is 1.27 bits per heavy atom. The number of hydrogen-bond acceptors (Lipinski definition) is 5. The van der Waals surface area contributed by atoms with E-state index in [1.165, 1.54) is 18.2 Å². The molecule has 0 bridgehead atoms. The van der Waals surface area contributed by atoms with E-state index in [0.29, 0.717) is 34.8 Å². The molecule has 2 aromatic carbocycles. The zero-order chi connectivity index (χ0) is 22.1. The van der Waals surface area contributed by atoms with Crippen molar-refractivity contribution in [2.45, 2.75) is 34.1 Å². The molecule has 8 heteroatoms. The molecule has 2 amide bonds. The second-order valence-electron chi connectivity index (χ2n) is 8.02. The molecule has 1 heterocycles. The van der Waals surface area contributed by atoms with Crippen molar-refractivity contribution in [3.8, 4) is 5.75 Å². The van der Waals surface area contributed by atoms with Crippen molar-refractivity contribution in [2.24, 2.45) is 5.41 Å². The molecule has 1 N–H and O–H groups in total. The van der Waals surface area contributed by atoms with E-state index in [1.54, 1.807) is 30.0 Å². The number of nitrogens with one attached hydrogen (secondary N) is 1. The van der Waals surface area contributed by atoms with Crippen LogP contribution in [-0.4, -0.2) is 29.9 Å². The molecule has 0 aromatic heterocycles. The number of carbonyl (C=O) groups is 2. The number of aryl methyl sites for hydroxylation is 1. The van der Waals surface area contributed by atoms with E-state index in [1.807, 2.05) is 20.8 Å². The number of carbonyl (C=O) groups excluding carboxylic acids is 2. The van der Waals surface area contributed by atoms with Gasteiger partial charge in [0.2, 0.25) is 5.91 Å². The van der Waals surface area contributed by atoms with Crippen molar-refractivity contribution in [3.63, 3.8) is 0 Å². The fourth-order valence-corrected chi connectivity index (χ4v) is 3.38. The van der Waals surface area contributed by atoms with E-state index in [4.69, 9.17) is 4.74 Å². The van der Waals surface area contributed by atoms with Gasteiger partial charge >= 0.3 is 0 Å². The maximum Gasteiger partial charge on any atom is 0.272 e. The highest BCUT2D eigenvalue weighted by Gasteiger charge is 2.37. The summed E-state index contributed by atoms with van der Waals surface area (Å²) >= 11 is 0. The third-order valence-electron chi connectivity index (χ3n) is 5.02. The third-order valence-corrected chi connectivity index (χ3v) is 5.02. The number of rotatable bonds is 5. The van der Waals surface area contributed by atoms with E-state index >= 15 is 0 Å². The summed E-state index contributed by atoms with van der Waals surface area (Å²) in [5.41, 5.74) is 1.23. The molecule has 0 unspecified atom stereocenters. The Hall–Kier alpha value is -3.42. The van der Waals surface area contributed by atoms with Gasteiger partial charge in [-0.1, -0.05) is 6.92 Å². The first-order chi connectivity index (χ1) is 14.1. The van der Waals surface area contributed by atoms with Crippen LogP contribution >= 0.6 is 0 Å². The number of ether oxygens (including phenoxy) is 1. The fourth-order valence-electron chi connectivity index (χ4n) is 3.38. The van der Waals surface area contributed by atoms with Gasteiger partial charge in [0.25, 0.3) is 11.6 Å². The molecule has 0 spiro atoms. The van der Waals surface area contributed by atoms with Gasteiger partial charge < -0.3 is 15.0 Å². The molecule has 3 rings (SSSR count). The topological polar surface area (TPSA) is 102 Å². The molecule has 1 aliphatic heterocycles. The Kier molecular flexibility index (Phi) is 5.78. The summed E-state index contributed by atoms with van der Waals surface area (Å²) in [6.07, 6.45) is 0.805. The van der Waals surface area contributed by atoms with Crippen molar-refractivity contribution in [2.75, 3.05) is 23.4 Å².